The highest BCUT2D eigenvalue weighted by molar-refractivity contribution is 5.32. The average molecular weight is 229 g/mol. The van der Waals surface area contributed by atoms with Crippen LogP contribution in [-0.4, -0.2) is 0 Å². The van der Waals surface area contributed by atoms with Gasteiger partial charge >= 0.3 is 0 Å². The van der Waals surface area contributed by atoms with Gasteiger partial charge in [0.15, 0.2) is 11.5 Å². The molecule has 3 nitrogen and oxygen atoms in total. The summed E-state index contributed by atoms with van der Waals surface area (Å²) in [6.45, 7) is 3.95. The molecule has 2 aromatic rings. The van der Waals surface area contributed by atoms with Crippen LogP contribution in [0.5, 0.6) is 11.5 Å². The summed E-state index contributed by atoms with van der Waals surface area (Å²) >= 11 is 0. The summed E-state index contributed by atoms with van der Waals surface area (Å²) < 4.78 is 0. The topological polar surface area (TPSA) is 30.5 Å². The van der Waals surface area contributed by atoms with E-state index >= 15 is 0 Å². The lowest BCUT2D eigenvalue weighted by Crippen LogP contribution is -2.23. The Morgan fingerprint density at radius 2 is 1.12 bits per heavy atom. The highest BCUT2D eigenvalue weighted by Crippen LogP contribution is 2.17. The third-order valence-corrected chi connectivity index (χ3v) is 2.49. The first-order valence-electron chi connectivity index (χ1n) is 5.47. The molecule has 0 bridgehead atoms. The number of aryl methyl sites for hydroxylation is 2. The van der Waals surface area contributed by atoms with Crippen LogP contribution in [0.2, 0.25) is 0 Å². The standard InChI is InChI=1S/C14H15NO2/c1-11-7-3-5-9-13(11)16-15-17-14-10-6-4-8-12(14)2/h3-10,15H,1-2H3. The van der Waals surface area contributed by atoms with E-state index in [1.807, 2.05) is 62.4 Å². The maximum Gasteiger partial charge on any atom is 0.154 e. The van der Waals surface area contributed by atoms with Crippen LogP contribution >= 0.6 is 0 Å². The summed E-state index contributed by atoms with van der Waals surface area (Å²) in [6.07, 6.45) is 0. The van der Waals surface area contributed by atoms with Gasteiger partial charge in [-0.25, -0.2) is 0 Å². The fourth-order valence-corrected chi connectivity index (χ4v) is 1.45. The smallest absolute Gasteiger partial charge is 0.154 e. The van der Waals surface area contributed by atoms with E-state index < -0.39 is 0 Å². The summed E-state index contributed by atoms with van der Waals surface area (Å²) in [5, 5.41) is 0. The number of hydrogen-bond donors (Lipinski definition) is 1. The second-order valence-corrected chi connectivity index (χ2v) is 3.82. The maximum absolute atomic E-state index is 5.32. The molecule has 3 heteroatoms. The van der Waals surface area contributed by atoms with Crippen LogP contribution in [-0.2, 0) is 0 Å². The van der Waals surface area contributed by atoms with Crippen LogP contribution in [0.1, 0.15) is 11.1 Å². The summed E-state index contributed by atoms with van der Waals surface area (Å²) in [5.74, 6) is 1.50. The molecule has 0 atom stereocenters. The number of nitrogens with one attached hydrogen (secondary N) is 1. The maximum atomic E-state index is 5.32. The van der Waals surface area contributed by atoms with E-state index in [1.54, 1.807) is 0 Å². The van der Waals surface area contributed by atoms with Crippen LogP contribution in [0.3, 0.4) is 0 Å². The predicted molar refractivity (Wildman–Crippen MR) is 66.7 cm³/mol. The van der Waals surface area contributed by atoms with Gasteiger partial charge in [0.05, 0.1) is 0 Å². The summed E-state index contributed by atoms with van der Waals surface area (Å²) in [4.78, 5) is 10.6. The van der Waals surface area contributed by atoms with Crippen molar-refractivity contribution in [1.29, 1.82) is 0 Å². The zero-order chi connectivity index (χ0) is 12.1. The lowest BCUT2D eigenvalue weighted by atomic mass is 10.2. The molecule has 0 unspecified atom stereocenters. The van der Waals surface area contributed by atoms with Crippen LogP contribution in [0.15, 0.2) is 48.5 Å². The van der Waals surface area contributed by atoms with Gasteiger partial charge in [0, 0.05) is 5.64 Å². The highest BCUT2D eigenvalue weighted by Gasteiger charge is 2.00. The Morgan fingerprint density at radius 1 is 0.706 bits per heavy atom. The van der Waals surface area contributed by atoms with E-state index in [1.165, 1.54) is 0 Å². The van der Waals surface area contributed by atoms with Crippen LogP contribution in [0, 0.1) is 13.8 Å². The molecule has 0 aliphatic rings. The first-order chi connectivity index (χ1) is 8.27. The number of benzene rings is 2. The average Bonchev–Trinajstić information content (AvgIpc) is 2.34. The van der Waals surface area contributed by atoms with Crippen molar-refractivity contribution in [2.24, 2.45) is 0 Å². The molecule has 88 valence electrons. The third kappa shape index (κ3) is 2.98. The van der Waals surface area contributed by atoms with Crippen molar-refractivity contribution in [1.82, 2.24) is 5.64 Å². The lowest BCUT2D eigenvalue weighted by molar-refractivity contribution is -0.0201. The predicted octanol–water partition coefficient (Wildman–Crippen LogP) is 3.18. The second kappa shape index (κ2) is 5.37. The second-order valence-electron chi connectivity index (χ2n) is 3.82. The van der Waals surface area contributed by atoms with Crippen molar-refractivity contribution >= 4 is 0 Å². The number of para-hydroxylation sites is 2. The van der Waals surface area contributed by atoms with Gasteiger partial charge in [-0.2, -0.15) is 0 Å². The molecule has 0 spiro atoms. The Kier molecular flexibility index (Phi) is 3.62. The van der Waals surface area contributed by atoms with Gasteiger partial charge in [0.1, 0.15) is 0 Å². The van der Waals surface area contributed by atoms with Crippen molar-refractivity contribution < 1.29 is 9.68 Å². The van der Waals surface area contributed by atoms with Gasteiger partial charge in [0.2, 0.25) is 0 Å². The van der Waals surface area contributed by atoms with Gasteiger partial charge in [-0.3, -0.25) is 0 Å². The van der Waals surface area contributed by atoms with Gasteiger partial charge < -0.3 is 9.68 Å². The lowest BCUT2D eigenvalue weighted by Gasteiger charge is -2.11. The summed E-state index contributed by atoms with van der Waals surface area (Å²) in [5.41, 5.74) is 4.60. The fourth-order valence-electron chi connectivity index (χ4n) is 1.45. The molecule has 0 aliphatic carbocycles. The van der Waals surface area contributed by atoms with Crippen molar-refractivity contribution in [3.8, 4) is 11.5 Å². The zero-order valence-electron chi connectivity index (χ0n) is 9.94. The minimum absolute atomic E-state index is 0.751. The fraction of sp³-hybridized carbons (Fsp3) is 0.143. The van der Waals surface area contributed by atoms with Gasteiger partial charge in [-0.15, -0.1) is 0 Å². The largest absolute Gasteiger partial charge is 0.373 e. The number of rotatable bonds is 4. The molecule has 0 heterocycles. The molecule has 2 rings (SSSR count). The molecule has 2 aromatic carbocycles. The molecule has 0 saturated carbocycles. The van der Waals surface area contributed by atoms with Gasteiger partial charge in [-0.05, 0) is 37.1 Å². The first-order valence-corrected chi connectivity index (χ1v) is 5.47. The van der Waals surface area contributed by atoms with Crippen LogP contribution in [0.25, 0.3) is 0 Å². The number of hydrogen-bond acceptors (Lipinski definition) is 3. The van der Waals surface area contributed by atoms with E-state index in [2.05, 4.69) is 5.64 Å². The van der Waals surface area contributed by atoms with E-state index in [4.69, 9.17) is 9.68 Å². The molecule has 0 saturated heterocycles. The zero-order valence-corrected chi connectivity index (χ0v) is 9.94. The first kappa shape index (κ1) is 11.5. The van der Waals surface area contributed by atoms with Crippen molar-refractivity contribution in [2.75, 3.05) is 0 Å². The minimum atomic E-state index is 0.751. The molecule has 0 aromatic heterocycles. The Labute approximate surface area is 101 Å². The Balaban J connectivity index is 1.93. The molecule has 0 radical (unpaired) electrons. The Morgan fingerprint density at radius 3 is 1.53 bits per heavy atom. The normalized spacial score (nSPS) is 10.0. The summed E-state index contributed by atoms with van der Waals surface area (Å²) in [7, 11) is 0. The van der Waals surface area contributed by atoms with Crippen LogP contribution < -0.4 is 15.3 Å². The molecule has 17 heavy (non-hydrogen) atoms. The SMILES string of the molecule is Cc1ccccc1ONOc1ccccc1C. The molecule has 1 N–H and O–H groups in total. The Hall–Kier alpha value is -2.00. The molecule has 0 aliphatic heterocycles. The van der Waals surface area contributed by atoms with E-state index in [9.17, 15) is 0 Å². The molecular formula is C14H15NO2. The quantitative estimate of drug-likeness (QED) is 0.817. The van der Waals surface area contributed by atoms with E-state index in [0.29, 0.717) is 0 Å². The van der Waals surface area contributed by atoms with Crippen molar-refractivity contribution in [3.63, 3.8) is 0 Å². The Bertz CT molecular complexity index is 452. The van der Waals surface area contributed by atoms with Gasteiger partial charge in [0.25, 0.3) is 0 Å². The van der Waals surface area contributed by atoms with Crippen LogP contribution in [0.4, 0.5) is 0 Å². The molecule has 0 fully saturated rings. The molecule has 0 amide bonds. The minimum Gasteiger partial charge on any atom is -0.373 e. The summed E-state index contributed by atoms with van der Waals surface area (Å²) in [6, 6.07) is 15.5. The third-order valence-electron chi connectivity index (χ3n) is 2.49. The van der Waals surface area contributed by atoms with Crippen molar-refractivity contribution in [3.05, 3.63) is 59.7 Å². The van der Waals surface area contributed by atoms with Gasteiger partial charge in [-0.1, -0.05) is 36.4 Å². The van der Waals surface area contributed by atoms with E-state index in [-0.39, 0.29) is 0 Å². The van der Waals surface area contributed by atoms with Crippen molar-refractivity contribution in [2.45, 2.75) is 13.8 Å². The molecular weight excluding hydrogens is 214 g/mol. The monoisotopic (exact) mass is 229 g/mol. The highest BCUT2D eigenvalue weighted by atomic mass is 16.9. The van der Waals surface area contributed by atoms with E-state index in [0.717, 1.165) is 22.6 Å².